The van der Waals surface area contributed by atoms with Gasteiger partial charge in [0.25, 0.3) is 10.1 Å². The molecule has 1 N–H and O–H groups in total. The fourth-order valence-corrected chi connectivity index (χ4v) is 1.48. The standard InChI is InChI=1S/C7H11FO6S/c1-7(8)5(9)4(14-6(7)10)3-13-15(2,11)12/h4-5,9H,3H2,1-2H3/t4-,5+,7+/m0/s1. The Kier molecular flexibility index (Phi) is 3.04. The van der Waals surface area contributed by atoms with E-state index in [2.05, 4.69) is 8.92 Å². The predicted molar refractivity (Wildman–Crippen MR) is 46.2 cm³/mol. The first-order valence-electron chi connectivity index (χ1n) is 4.07. The number of hydrogen-bond acceptors (Lipinski definition) is 6. The van der Waals surface area contributed by atoms with Gasteiger partial charge in [-0.3, -0.25) is 4.18 Å². The molecule has 15 heavy (non-hydrogen) atoms. The van der Waals surface area contributed by atoms with E-state index in [-0.39, 0.29) is 0 Å². The highest BCUT2D eigenvalue weighted by Crippen LogP contribution is 2.29. The Labute approximate surface area is 86.1 Å². The number of aliphatic hydroxyl groups excluding tert-OH is 1. The Morgan fingerprint density at radius 1 is 1.67 bits per heavy atom. The number of ether oxygens (including phenoxy) is 1. The van der Waals surface area contributed by atoms with Crippen molar-refractivity contribution in [3.05, 3.63) is 0 Å². The molecule has 0 radical (unpaired) electrons. The van der Waals surface area contributed by atoms with Gasteiger partial charge in [0, 0.05) is 0 Å². The second-order valence-corrected chi connectivity index (χ2v) is 5.10. The zero-order valence-electron chi connectivity index (χ0n) is 8.14. The third-order valence-corrected chi connectivity index (χ3v) is 2.58. The van der Waals surface area contributed by atoms with Crippen molar-refractivity contribution in [3.63, 3.8) is 0 Å². The minimum absolute atomic E-state index is 0.592. The Morgan fingerprint density at radius 3 is 2.53 bits per heavy atom. The molecule has 1 rings (SSSR count). The smallest absolute Gasteiger partial charge is 0.346 e. The van der Waals surface area contributed by atoms with Gasteiger partial charge in [-0.25, -0.2) is 9.18 Å². The highest BCUT2D eigenvalue weighted by molar-refractivity contribution is 7.85. The monoisotopic (exact) mass is 242 g/mol. The number of rotatable bonds is 3. The van der Waals surface area contributed by atoms with Gasteiger partial charge in [0.1, 0.15) is 12.7 Å². The van der Waals surface area contributed by atoms with Crippen LogP contribution >= 0.6 is 0 Å². The SMILES string of the molecule is C[C@]1(F)C(=O)O[C@@H](COS(C)(=O)=O)[C@H]1O. The summed E-state index contributed by atoms with van der Waals surface area (Å²) in [5, 5.41) is 9.29. The Balaban J connectivity index is 2.64. The van der Waals surface area contributed by atoms with Gasteiger partial charge in [0.05, 0.1) is 6.26 Å². The van der Waals surface area contributed by atoms with E-state index in [0.717, 1.165) is 13.2 Å². The number of alkyl halides is 1. The van der Waals surface area contributed by atoms with Gasteiger partial charge in [-0.2, -0.15) is 8.42 Å². The summed E-state index contributed by atoms with van der Waals surface area (Å²) in [6.45, 7) is 0.270. The molecule has 0 aromatic heterocycles. The number of halogens is 1. The highest BCUT2D eigenvalue weighted by atomic mass is 32.2. The Hall–Kier alpha value is -0.730. The summed E-state index contributed by atoms with van der Waals surface area (Å²) in [6, 6.07) is 0. The lowest BCUT2D eigenvalue weighted by Crippen LogP contribution is -2.40. The number of hydrogen-bond donors (Lipinski definition) is 1. The first kappa shape index (κ1) is 12.3. The van der Waals surface area contributed by atoms with Gasteiger partial charge in [-0.1, -0.05) is 0 Å². The molecule has 8 heteroatoms. The Morgan fingerprint density at radius 2 is 2.20 bits per heavy atom. The van der Waals surface area contributed by atoms with Gasteiger partial charge in [-0.15, -0.1) is 0 Å². The van der Waals surface area contributed by atoms with Crippen molar-refractivity contribution in [1.82, 2.24) is 0 Å². The molecule has 6 nitrogen and oxygen atoms in total. The fourth-order valence-electron chi connectivity index (χ4n) is 1.10. The van der Waals surface area contributed by atoms with Crippen molar-refractivity contribution in [3.8, 4) is 0 Å². The molecule has 0 aromatic rings. The van der Waals surface area contributed by atoms with Crippen molar-refractivity contribution in [2.75, 3.05) is 12.9 Å². The molecule has 88 valence electrons. The van der Waals surface area contributed by atoms with Crippen LogP contribution in [0, 0.1) is 0 Å². The molecule has 0 bridgehead atoms. The third kappa shape index (κ3) is 2.64. The molecule has 1 aliphatic heterocycles. The number of cyclic esters (lactones) is 1. The number of aliphatic hydroxyl groups is 1. The summed E-state index contributed by atoms with van der Waals surface area (Å²) in [5.41, 5.74) is -2.52. The molecule has 0 aromatic carbocycles. The van der Waals surface area contributed by atoms with Crippen LogP contribution in [0.2, 0.25) is 0 Å². The number of esters is 1. The van der Waals surface area contributed by atoms with E-state index < -0.39 is 40.6 Å². The second-order valence-electron chi connectivity index (χ2n) is 3.45. The van der Waals surface area contributed by atoms with E-state index in [4.69, 9.17) is 0 Å². The quantitative estimate of drug-likeness (QED) is 0.503. The molecule has 1 saturated heterocycles. The maximum absolute atomic E-state index is 13.3. The highest BCUT2D eigenvalue weighted by Gasteiger charge is 2.55. The maximum Gasteiger partial charge on any atom is 0.346 e. The van der Waals surface area contributed by atoms with Crippen LogP contribution in [0.4, 0.5) is 4.39 Å². The van der Waals surface area contributed by atoms with Crippen LogP contribution in [0.3, 0.4) is 0 Å². The van der Waals surface area contributed by atoms with Crippen LogP contribution in [0.15, 0.2) is 0 Å². The van der Waals surface area contributed by atoms with Crippen LogP contribution in [0.5, 0.6) is 0 Å². The molecule has 1 heterocycles. The first-order valence-corrected chi connectivity index (χ1v) is 5.88. The number of carbonyl (C=O) groups excluding carboxylic acids is 1. The molecule has 0 aliphatic carbocycles. The van der Waals surface area contributed by atoms with Crippen LogP contribution in [-0.2, 0) is 23.8 Å². The zero-order chi connectivity index (χ0) is 11.9. The average Bonchev–Trinajstić information content (AvgIpc) is 2.25. The summed E-state index contributed by atoms with van der Waals surface area (Å²) in [4.78, 5) is 10.9. The molecule has 0 spiro atoms. The van der Waals surface area contributed by atoms with Crippen LogP contribution in [0.25, 0.3) is 0 Å². The van der Waals surface area contributed by atoms with Crippen LogP contribution in [0.1, 0.15) is 6.92 Å². The molecular weight excluding hydrogens is 231 g/mol. The predicted octanol–water partition coefficient (Wildman–Crippen LogP) is -1.02. The molecule has 1 aliphatic rings. The summed E-state index contributed by atoms with van der Waals surface area (Å²) >= 11 is 0. The lowest BCUT2D eigenvalue weighted by atomic mass is 10.0. The van der Waals surface area contributed by atoms with Gasteiger partial charge in [0.15, 0.2) is 6.10 Å². The summed E-state index contributed by atoms with van der Waals surface area (Å²) in [5.74, 6) is -1.22. The van der Waals surface area contributed by atoms with Gasteiger partial charge in [-0.05, 0) is 6.92 Å². The molecule has 0 unspecified atom stereocenters. The zero-order valence-corrected chi connectivity index (χ0v) is 8.95. The molecular formula is C7H11FO6S. The summed E-state index contributed by atoms with van der Waals surface area (Å²) in [6.07, 6.45) is -2.24. The lowest BCUT2D eigenvalue weighted by Gasteiger charge is -2.15. The van der Waals surface area contributed by atoms with Gasteiger partial charge < -0.3 is 9.84 Å². The van der Waals surface area contributed by atoms with Gasteiger partial charge in [0.2, 0.25) is 5.67 Å². The Bertz CT molecular complexity index is 362. The van der Waals surface area contributed by atoms with Crippen LogP contribution in [-0.4, -0.2) is 50.2 Å². The van der Waals surface area contributed by atoms with Crippen molar-refractivity contribution in [2.45, 2.75) is 24.8 Å². The molecule has 3 atom stereocenters. The summed E-state index contributed by atoms with van der Waals surface area (Å²) < 4.78 is 43.3. The van der Waals surface area contributed by atoms with Crippen molar-refractivity contribution in [1.29, 1.82) is 0 Å². The summed E-state index contributed by atoms with van der Waals surface area (Å²) in [7, 11) is -3.71. The third-order valence-electron chi connectivity index (χ3n) is 2.01. The van der Waals surface area contributed by atoms with E-state index >= 15 is 0 Å². The minimum atomic E-state index is -3.71. The van der Waals surface area contributed by atoms with Crippen molar-refractivity contribution < 1.29 is 31.6 Å². The number of carbonyl (C=O) groups is 1. The first-order chi connectivity index (χ1) is 6.64. The van der Waals surface area contributed by atoms with Crippen molar-refractivity contribution >= 4 is 16.1 Å². The maximum atomic E-state index is 13.3. The minimum Gasteiger partial charge on any atom is -0.454 e. The molecule has 1 fully saturated rings. The van der Waals surface area contributed by atoms with E-state index in [1.165, 1.54) is 0 Å². The second kappa shape index (κ2) is 3.69. The largest absolute Gasteiger partial charge is 0.454 e. The molecule has 0 amide bonds. The van der Waals surface area contributed by atoms with E-state index in [9.17, 15) is 22.7 Å². The lowest BCUT2D eigenvalue weighted by molar-refractivity contribution is -0.150. The van der Waals surface area contributed by atoms with E-state index in [1.807, 2.05) is 0 Å². The normalized spacial score (nSPS) is 36.7. The topological polar surface area (TPSA) is 89.9 Å². The van der Waals surface area contributed by atoms with E-state index in [1.54, 1.807) is 0 Å². The van der Waals surface area contributed by atoms with Gasteiger partial charge >= 0.3 is 5.97 Å². The van der Waals surface area contributed by atoms with E-state index in [0.29, 0.717) is 0 Å². The van der Waals surface area contributed by atoms with Crippen molar-refractivity contribution in [2.24, 2.45) is 0 Å². The fraction of sp³-hybridized carbons (Fsp3) is 0.857. The van der Waals surface area contributed by atoms with Crippen LogP contribution < -0.4 is 0 Å². The molecule has 0 saturated carbocycles. The average molecular weight is 242 g/mol.